The molecule has 4 aromatic heterocycles. The summed E-state index contributed by atoms with van der Waals surface area (Å²) in [5.41, 5.74) is 0.320. The van der Waals surface area contributed by atoms with Gasteiger partial charge in [-0.25, -0.2) is 9.78 Å². The summed E-state index contributed by atoms with van der Waals surface area (Å²) in [4.78, 5) is 37.0. The Morgan fingerprint density at radius 3 is 2.81 bits per heavy atom. The van der Waals surface area contributed by atoms with Crippen molar-refractivity contribution < 1.29 is 9.90 Å². The third-order valence-corrected chi connectivity index (χ3v) is 4.78. The normalized spacial score (nSPS) is 11.0. The number of halogens is 1. The number of carbonyl (C=O) groups is 1. The van der Waals surface area contributed by atoms with Gasteiger partial charge in [0.1, 0.15) is 16.4 Å². The molecular weight excluding hydrogens is 390 g/mol. The van der Waals surface area contributed by atoms with Gasteiger partial charge in [0.25, 0.3) is 0 Å². The molecule has 10 heteroatoms. The van der Waals surface area contributed by atoms with Gasteiger partial charge in [-0.3, -0.25) is 14.3 Å². The van der Waals surface area contributed by atoms with Crippen molar-refractivity contribution in [2.75, 3.05) is 0 Å². The van der Waals surface area contributed by atoms with E-state index in [4.69, 9.17) is 11.6 Å². The lowest BCUT2D eigenvalue weighted by molar-refractivity contribution is 0.0695. The second kappa shape index (κ2) is 6.53. The van der Waals surface area contributed by atoms with Crippen LogP contribution in [0.1, 0.15) is 15.9 Å². The van der Waals surface area contributed by atoms with E-state index in [1.54, 1.807) is 25.3 Å². The van der Waals surface area contributed by atoms with Crippen LogP contribution in [-0.4, -0.2) is 35.0 Å². The molecule has 4 rings (SSSR count). The zero-order valence-corrected chi connectivity index (χ0v) is 15.3. The third-order valence-electron chi connectivity index (χ3n) is 3.87. The van der Waals surface area contributed by atoms with E-state index >= 15 is 0 Å². The lowest BCUT2D eigenvalue weighted by Crippen LogP contribution is -2.20. The fraction of sp³-hybridized carbons (Fsp3) is 0.0588. The van der Waals surface area contributed by atoms with Crippen LogP contribution >= 0.6 is 23.1 Å². The first-order valence-corrected chi connectivity index (χ1v) is 8.82. The number of carboxylic acids is 1. The van der Waals surface area contributed by atoms with Gasteiger partial charge in [0.15, 0.2) is 11.5 Å². The molecule has 0 aliphatic heterocycles. The van der Waals surface area contributed by atoms with Crippen molar-refractivity contribution in [3.63, 3.8) is 0 Å². The minimum absolute atomic E-state index is 0.175. The van der Waals surface area contributed by atoms with Crippen molar-refractivity contribution in [3.05, 3.63) is 63.2 Å². The molecule has 27 heavy (non-hydrogen) atoms. The van der Waals surface area contributed by atoms with Crippen LogP contribution in [0.3, 0.4) is 0 Å². The van der Waals surface area contributed by atoms with Crippen LogP contribution in [0.2, 0.25) is 5.15 Å². The quantitative estimate of drug-likeness (QED) is 0.527. The van der Waals surface area contributed by atoms with Crippen LogP contribution in [0.15, 0.2) is 41.5 Å². The number of nitrogens with zero attached hydrogens (tertiary/aromatic N) is 5. The van der Waals surface area contributed by atoms with Crippen LogP contribution in [0.25, 0.3) is 27.7 Å². The Morgan fingerprint density at radius 1 is 1.30 bits per heavy atom. The average molecular weight is 400 g/mol. The number of aromatic nitrogens is 5. The topological polar surface area (TPSA) is 111 Å². The molecule has 0 aliphatic carbocycles. The van der Waals surface area contributed by atoms with E-state index < -0.39 is 11.4 Å². The molecule has 0 radical (unpaired) electrons. The highest BCUT2D eigenvalue weighted by atomic mass is 35.5. The number of rotatable bonds is 3. The maximum Gasteiger partial charge on any atom is 0.341 e. The Kier molecular flexibility index (Phi) is 4.17. The highest BCUT2D eigenvalue weighted by molar-refractivity contribution is 7.08. The lowest BCUT2D eigenvalue weighted by Gasteiger charge is -2.10. The fourth-order valence-corrected chi connectivity index (χ4v) is 3.57. The Labute approximate surface area is 160 Å². The summed E-state index contributed by atoms with van der Waals surface area (Å²) in [7, 11) is 0. The van der Waals surface area contributed by atoms with Crippen molar-refractivity contribution in [2.24, 2.45) is 0 Å². The van der Waals surface area contributed by atoms with Crippen molar-refractivity contribution >= 4 is 40.1 Å². The first-order valence-electron chi connectivity index (χ1n) is 7.67. The molecule has 0 aliphatic rings. The van der Waals surface area contributed by atoms with Crippen molar-refractivity contribution in [1.82, 2.24) is 23.9 Å². The van der Waals surface area contributed by atoms with Crippen molar-refractivity contribution in [1.29, 1.82) is 0 Å². The summed E-state index contributed by atoms with van der Waals surface area (Å²) in [6.07, 6.45) is 2.82. The Bertz CT molecular complexity index is 1250. The minimum Gasteiger partial charge on any atom is -0.477 e. The molecule has 0 unspecified atom stereocenters. The SMILES string of the molecule is Cc1cc(Cl)nc2c1c(=O)c(C(=O)O)cn2-c1nc(-c2ccccn2)ns1. The first-order chi connectivity index (χ1) is 13.0. The minimum atomic E-state index is -1.33. The van der Waals surface area contributed by atoms with E-state index in [2.05, 4.69) is 19.3 Å². The van der Waals surface area contributed by atoms with Crippen molar-refractivity contribution in [2.45, 2.75) is 6.92 Å². The van der Waals surface area contributed by atoms with Gasteiger partial charge in [-0.2, -0.15) is 9.36 Å². The van der Waals surface area contributed by atoms with E-state index in [9.17, 15) is 14.7 Å². The van der Waals surface area contributed by atoms with Gasteiger partial charge in [-0.1, -0.05) is 17.7 Å². The van der Waals surface area contributed by atoms with Crippen LogP contribution in [0.4, 0.5) is 0 Å². The molecule has 0 amide bonds. The van der Waals surface area contributed by atoms with Crippen LogP contribution in [0, 0.1) is 6.92 Å². The molecule has 0 fully saturated rings. The van der Waals surface area contributed by atoms with Crippen LogP contribution < -0.4 is 5.43 Å². The number of hydrogen-bond donors (Lipinski definition) is 1. The van der Waals surface area contributed by atoms with Gasteiger partial charge in [0.05, 0.1) is 5.39 Å². The number of pyridine rings is 3. The summed E-state index contributed by atoms with van der Waals surface area (Å²) in [6, 6.07) is 6.86. The second-order valence-electron chi connectivity index (χ2n) is 5.62. The number of fused-ring (bicyclic) bond motifs is 1. The Hall–Kier alpha value is -3.17. The largest absolute Gasteiger partial charge is 0.477 e. The van der Waals surface area contributed by atoms with Gasteiger partial charge in [0.2, 0.25) is 10.6 Å². The second-order valence-corrected chi connectivity index (χ2v) is 6.74. The summed E-state index contributed by atoms with van der Waals surface area (Å²) >= 11 is 7.09. The monoisotopic (exact) mass is 399 g/mol. The number of carboxylic acid groups (broad SMARTS) is 1. The van der Waals surface area contributed by atoms with Gasteiger partial charge >= 0.3 is 5.97 Å². The number of aryl methyl sites for hydroxylation is 1. The highest BCUT2D eigenvalue weighted by Gasteiger charge is 2.20. The lowest BCUT2D eigenvalue weighted by atomic mass is 10.1. The molecule has 0 aromatic carbocycles. The smallest absolute Gasteiger partial charge is 0.341 e. The van der Waals surface area contributed by atoms with Crippen LogP contribution in [-0.2, 0) is 0 Å². The van der Waals surface area contributed by atoms with Crippen LogP contribution in [0.5, 0.6) is 0 Å². The fourth-order valence-electron chi connectivity index (χ4n) is 2.67. The van der Waals surface area contributed by atoms with E-state index in [-0.39, 0.29) is 21.7 Å². The summed E-state index contributed by atoms with van der Waals surface area (Å²) < 4.78 is 5.69. The van der Waals surface area contributed by atoms with E-state index in [1.165, 1.54) is 16.8 Å². The predicted molar refractivity (Wildman–Crippen MR) is 101 cm³/mol. The Balaban J connectivity index is 2.02. The van der Waals surface area contributed by atoms with Gasteiger partial charge in [-0.15, -0.1) is 0 Å². The van der Waals surface area contributed by atoms with Crippen molar-refractivity contribution in [3.8, 4) is 16.6 Å². The molecule has 134 valence electrons. The standard InChI is InChI=1S/C17H10ClN5O3S/c1-8-6-11(18)20-15-12(8)13(24)9(16(25)26)7-23(15)17-21-14(22-27-17)10-4-2-3-5-19-10/h2-7H,1H3,(H,25,26). The number of aromatic carboxylic acids is 1. The molecule has 8 nitrogen and oxygen atoms in total. The van der Waals surface area contributed by atoms with Gasteiger partial charge in [0, 0.05) is 23.9 Å². The molecule has 4 aromatic rings. The van der Waals surface area contributed by atoms with Gasteiger partial charge < -0.3 is 5.11 Å². The van der Waals surface area contributed by atoms with E-state index in [0.29, 0.717) is 22.2 Å². The molecule has 0 saturated heterocycles. The maximum atomic E-state index is 12.6. The zero-order valence-electron chi connectivity index (χ0n) is 13.8. The summed E-state index contributed by atoms with van der Waals surface area (Å²) in [5, 5.41) is 10.1. The highest BCUT2D eigenvalue weighted by Crippen LogP contribution is 2.24. The van der Waals surface area contributed by atoms with E-state index in [0.717, 1.165) is 11.5 Å². The molecule has 0 atom stereocenters. The third kappa shape index (κ3) is 2.96. The molecule has 1 N–H and O–H groups in total. The first kappa shape index (κ1) is 17.3. The molecule has 0 bridgehead atoms. The molecule has 4 heterocycles. The van der Waals surface area contributed by atoms with Gasteiger partial charge in [-0.05, 0) is 30.7 Å². The molecule has 0 saturated carbocycles. The molecule has 0 spiro atoms. The summed E-state index contributed by atoms with van der Waals surface area (Å²) in [6.45, 7) is 1.67. The maximum absolute atomic E-state index is 12.6. The summed E-state index contributed by atoms with van der Waals surface area (Å²) in [5.74, 6) is -0.947. The number of hydrogen-bond acceptors (Lipinski definition) is 7. The zero-order chi connectivity index (χ0) is 19.1. The van der Waals surface area contributed by atoms with E-state index in [1.807, 2.05) is 6.07 Å². The average Bonchev–Trinajstić information content (AvgIpc) is 3.11. The molecular formula is C17H10ClN5O3S. The predicted octanol–water partition coefficient (Wildman–Crippen LogP) is 2.96. The Morgan fingerprint density at radius 2 is 2.11 bits per heavy atom.